The third-order valence-electron chi connectivity index (χ3n) is 2.85. The summed E-state index contributed by atoms with van der Waals surface area (Å²) in [4.78, 5) is 9.66. The quantitative estimate of drug-likeness (QED) is 0.278. The van der Waals surface area contributed by atoms with E-state index in [0.717, 1.165) is 26.9 Å². The van der Waals surface area contributed by atoms with E-state index < -0.39 is 9.05 Å². The second kappa shape index (κ2) is 7.11. The number of halogens is 3. The maximum atomic E-state index is 11.0. The highest BCUT2D eigenvalue weighted by atomic mass is 35.7. The molecule has 0 fully saturated rings. The molecule has 0 amide bonds. The number of aromatic nitrogens is 2. The lowest BCUT2D eigenvalue weighted by atomic mass is 10.4. The van der Waals surface area contributed by atoms with Gasteiger partial charge < -0.3 is 0 Å². The monoisotopic (exact) mass is 436 g/mol. The zero-order valence-electron chi connectivity index (χ0n) is 11.6. The second-order valence-corrected chi connectivity index (χ2v) is 9.97. The van der Waals surface area contributed by atoms with Gasteiger partial charge in [0.1, 0.15) is 24.2 Å². The molecule has 0 bridgehead atoms. The highest BCUT2D eigenvalue weighted by Crippen LogP contribution is 2.30. The molecule has 0 saturated carbocycles. The molecule has 4 aromatic heterocycles. The topological polar surface area (TPSA) is 59.9 Å². The molecular formula is C14H7Cl3N2O2S3. The summed E-state index contributed by atoms with van der Waals surface area (Å²) >= 11 is 13.9. The number of nitrogens with zero attached hydrogens (tertiary/aromatic N) is 2. The molecule has 124 valence electrons. The summed E-state index contributed by atoms with van der Waals surface area (Å²) in [6.45, 7) is 0. The first kappa shape index (κ1) is 17.8. The van der Waals surface area contributed by atoms with E-state index >= 15 is 0 Å². The Bertz CT molecular complexity index is 1120. The summed E-state index contributed by atoms with van der Waals surface area (Å²) in [5.74, 6) is 0. The fraction of sp³-hybridized carbons (Fsp3) is 0. The molecule has 0 aliphatic rings. The van der Waals surface area contributed by atoms with Crippen molar-refractivity contribution < 1.29 is 8.42 Å². The predicted molar refractivity (Wildman–Crippen MR) is 102 cm³/mol. The minimum absolute atomic E-state index is 0.0870. The molecule has 4 aromatic rings. The third kappa shape index (κ3) is 4.17. The lowest BCUT2D eigenvalue weighted by molar-refractivity contribution is 0.611. The van der Waals surface area contributed by atoms with E-state index in [0.29, 0.717) is 15.1 Å². The van der Waals surface area contributed by atoms with E-state index in [1.165, 1.54) is 6.07 Å². The maximum absolute atomic E-state index is 11.0. The van der Waals surface area contributed by atoms with Crippen LogP contribution in [0.4, 0.5) is 0 Å². The Labute approximate surface area is 160 Å². The van der Waals surface area contributed by atoms with E-state index in [4.69, 9.17) is 33.9 Å². The fourth-order valence-electron chi connectivity index (χ4n) is 1.81. The fourth-order valence-corrected chi connectivity index (χ4v) is 5.06. The van der Waals surface area contributed by atoms with Gasteiger partial charge in [0.15, 0.2) is 0 Å². The Balaban J connectivity index is 0.000000149. The standard InChI is InChI=1S/C7H3Cl2NO2S2.C7H4ClNS/c8-5-2-1-4-3-6(14(9,11)12)13-7(4)10-5;8-6-2-1-5-3-4-10-7(5)9-6/h1-3H;1-4H. The minimum Gasteiger partial charge on any atom is -0.225 e. The lowest BCUT2D eigenvalue weighted by Crippen LogP contribution is -1.83. The van der Waals surface area contributed by atoms with Gasteiger partial charge in [0.05, 0.1) is 0 Å². The van der Waals surface area contributed by atoms with Gasteiger partial charge in [-0.1, -0.05) is 23.2 Å². The first-order chi connectivity index (χ1) is 11.3. The Morgan fingerprint density at radius 3 is 2.17 bits per heavy atom. The van der Waals surface area contributed by atoms with Crippen LogP contribution in [-0.2, 0) is 9.05 Å². The molecule has 0 saturated heterocycles. The average Bonchev–Trinajstić information content (AvgIpc) is 3.12. The molecule has 0 atom stereocenters. The first-order valence-electron chi connectivity index (χ1n) is 6.33. The van der Waals surface area contributed by atoms with Crippen LogP contribution in [0.15, 0.2) is 46.0 Å². The third-order valence-corrected chi connectivity index (χ3v) is 7.21. The van der Waals surface area contributed by atoms with Crippen molar-refractivity contribution in [3.63, 3.8) is 0 Å². The highest BCUT2D eigenvalue weighted by molar-refractivity contribution is 8.15. The molecule has 0 aliphatic carbocycles. The van der Waals surface area contributed by atoms with Crippen LogP contribution in [0.1, 0.15) is 0 Å². The maximum Gasteiger partial charge on any atom is 0.270 e. The first-order valence-corrected chi connectivity index (χ1v) is 11.1. The van der Waals surface area contributed by atoms with Crippen LogP contribution >= 0.6 is 56.6 Å². The number of rotatable bonds is 1. The number of thiophene rings is 2. The summed E-state index contributed by atoms with van der Waals surface area (Å²) in [6, 6.07) is 10.6. The van der Waals surface area contributed by atoms with E-state index in [1.807, 2.05) is 17.5 Å². The SMILES string of the molecule is Clc1ccc2ccsc2n1.O=S(=O)(Cl)c1cc2ccc(Cl)nc2s1. The Kier molecular flexibility index (Phi) is 5.29. The van der Waals surface area contributed by atoms with Gasteiger partial charge in [-0.3, -0.25) is 0 Å². The zero-order chi connectivity index (χ0) is 17.3. The molecule has 0 radical (unpaired) electrons. The summed E-state index contributed by atoms with van der Waals surface area (Å²) in [5.41, 5.74) is 0. The number of hydrogen-bond acceptors (Lipinski definition) is 6. The van der Waals surface area contributed by atoms with Gasteiger partial charge >= 0.3 is 0 Å². The van der Waals surface area contributed by atoms with Gasteiger partial charge in [-0.25, -0.2) is 18.4 Å². The molecule has 4 rings (SSSR count). The summed E-state index contributed by atoms with van der Waals surface area (Å²) < 4.78 is 22.1. The van der Waals surface area contributed by atoms with Gasteiger partial charge in [-0.15, -0.1) is 22.7 Å². The van der Waals surface area contributed by atoms with Crippen LogP contribution in [0.25, 0.3) is 20.4 Å². The van der Waals surface area contributed by atoms with E-state index in [1.54, 1.807) is 29.5 Å². The smallest absolute Gasteiger partial charge is 0.225 e. The molecule has 4 nitrogen and oxygen atoms in total. The predicted octanol–water partition coefficient (Wildman–Crippen LogP) is 5.83. The average molecular weight is 438 g/mol. The zero-order valence-corrected chi connectivity index (χ0v) is 16.3. The molecular weight excluding hydrogens is 431 g/mol. The van der Waals surface area contributed by atoms with Crippen molar-refractivity contribution in [3.8, 4) is 0 Å². The van der Waals surface area contributed by atoms with Crippen molar-refractivity contribution in [3.05, 3.63) is 52.1 Å². The van der Waals surface area contributed by atoms with Crippen molar-refractivity contribution in [1.82, 2.24) is 9.97 Å². The van der Waals surface area contributed by atoms with Crippen LogP contribution in [0, 0.1) is 0 Å². The van der Waals surface area contributed by atoms with Crippen molar-refractivity contribution in [2.45, 2.75) is 4.21 Å². The molecule has 0 aliphatic heterocycles. The highest BCUT2D eigenvalue weighted by Gasteiger charge is 2.14. The Morgan fingerprint density at radius 2 is 1.50 bits per heavy atom. The van der Waals surface area contributed by atoms with Crippen LogP contribution in [0.2, 0.25) is 10.3 Å². The minimum atomic E-state index is -3.67. The molecule has 24 heavy (non-hydrogen) atoms. The van der Waals surface area contributed by atoms with Crippen LogP contribution in [-0.4, -0.2) is 18.4 Å². The van der Waals surface area contributed by atoms with Gasteiger partial charge in [-0.05, 0) is 41.8 Å². The van der Waals surface area contributed by atoms with E-state index in [-0.39, 0.29) is 4.21 Å². The van der Waals surface area contributed by atoms with Crippen molar-refractivity contribution in [2.24, 2.45) is 0 Å². The van der Waals surface area contributed by atoms with Gasteiger partial charge in [0, 0.05) is 21.5 Å². The van der Waals surface area contributed by atoms with Gasteiger partial charge in [0.2, 0.25) is 0 Å². The number of fused-ring (bicyclic) bond motifs is 2. The molecule has 0 unspecified atom stereocenters. The van der Waals surface area contributed by atoms with Crippen LogP contribution in [0.3, 0.4) is 0 Å². The molecule has 0 N–H and O–H groups in total. The molecule has 0 spiro atoms. The second-order valence-electron chi connectivity index (χ2n) is 4.48. The lowest BCUT2D eigenvalue weighted by Gasteiger charge is -1.87. The van der Waals surface area contributed by atoms with Gasteiger partial charge in [0.25, 0.3) is 9.05 Å². The Morgan fingerprint density at radius 1 is 0.875 bits per heavy atom. The van der Waals surface area contributed by atoms with Crippen LogP contribution < -0.4 is 0 Å². The van der Waals surface area contributed by atoms with E-state index in [9.17, 15) is 8.42 Å². The largest absolute Gasteiger partial charge is 0.270 e. The van der Waals surface area contributed by atoms with Crippen molar-refractivity contribution >= 4 is 86.0 Å². The molecule has 10 heteroatoms. The Hall–Kier alpha value is -0.960. The van der Waals surface area contributed by atoms with Crippen molar-refractivity contribution in [1.29, 1.82) is 0 Å². The molecule has 4 heterocycles. The van der Waals surface area contributed by atoms with E-state index in [2.05, 4.69) is 9.97 Å². The number of hydrogen-bond donors (Lipinski definition) is 0. The van der Waals surface area contributed by atoms with Crippen molar-refractivity contribution in [2.75, 3.05) is 0 Å². The number of pyridine rings is 2. The normalized spacial score (nSPS) is 11.5. The summed E-state index contributed by atoms with van der Waals surface area (Å²) in [5, 5.41) is 4.79. The molecule has 0 aromatic carbocycles. The summed E-state index contributed by atoms with van der Waals surface area (Å²) in [7, 11) is 1.52. The van der Waals surface area contributed by atoms with Gasteiger partial charge in [-0.2, -0.15) is 0 Å². The summed E-state index contributed by atoms with van der Waals surface area (Å²) in [6.07, 6.45) is 0. The van der Waals surface area contributed by atoms with Crippen LogP contribution in [0.5, 0.6) is 0 Å².